The van der Waals surface area contributed by atoms with Crippen LogP contribution in [0.15, 0.2) is 30.6 Å². The van der Waals surface area contributed by atoms with Gasteiger partial charge in [-0.3, -0.25) is 4.79 Å². The molecule has 0 N–H and O–H groups in total. The number of hydrogen-bond acceptors (Lipinski definition) is 3. The number of aromatic nitrogens is 2. The number of carbonyl (C=O) groups excluding carboxylic acids is 1. The van der Waals surface area contributed by atoms with Crippen molar-refractivity contribution in [3.8, 4) is 0 Å². The maximum absolute atomic E-state index is 12.2. The van der Waals surface area contributed by atoms with Crippen molar-refractivity contribution in [2.75, 3.05) is 12.3 Å². The second-order valence-corrected chi connectivity index (χ2v) is 5.84. The number of carbonyl (C=O) groups is 1. The Bertz CT molecular complexity index is 580. The van der Waals surface area contributed by atoms with Gasteiger partial charge in [-0.15, -0.1) is 11.8 Å². The summed E-state index contributed by atoms with van der Waals surface area (Å²) in [5.41, 5.74) is 1.96. The fraction of sp³-hybridized carbons (Fsp3) is 0.385. The Morgan fingerprint density at radius 3 is 3.11 bits per heavy atom. The second-order valence-electron chi connectivity index (χ2n) is 4.42. The Balaban J connectivity index is 1.82. The Morgan fingerprint density at radius 2 is 2.33 bits per heavy atom. The highest BCUT2D eigenvalue weighted by molar-refractivity contribution is 8.00. The van der Waals surface area contributed by atoms with E-state index in [0.717, 1.165) is 23.3 Å². The molecule has 1 fully saturated rings. The predicted octanol–water partition coefficient (Wildman–Crippen LogP) is 1.96. The van der Waals surface area contributed by atoms with Gasteiger partial charge in [0.05, 0.1) is 22.7 Å². The van der Waals surface area contributed by atoms with E-state index < -0.39 is 0 Å². The third kappa shape index (κ3) is 1.99. The van der Waals surface area contributed by atoms with E-state index in [0.29, 0.717) is 11.9 Å². The van der Waals surface area contributed by atoms with Crippen LogP contribution < -0.4 is 0 Å². The van der Waals surface area contributed by atoms with Crippen LogP contribution in [-0.2, 0) is 11.3 Å². The van der Waals surface area contributed by atoms with E-state index in [1.54, 1.807) is 6.33 Å². The Morgan fingerprint density at radius 1 is 1.50 bits per heavy atom. The summed E-state index contributed by atoms with van der Waals surface area (Å²) >= 11 is 1.83. The molecule has 5 heteroatoms. The molecule has 1 unspecified atom stereocenters. The van der Waals surface area contributed by atoms with Crippen molar-refractivity contribution in [2.45, 2.75) is 18.8 Å². The van der Waals surface area contributed by atoms with Crippen molar-refractivity contribution in [1.29, 1.82) is 0 Å². The molecule has 2 heterocycles. The van der Waals surface area contributed by atoms with Gasteiger partial charge in [0, 0.05) is 12.3 Å². The van der Waals surface area contributed by atoms with Gasteiger partial charge in [0.15, 0.2) is 0 Å². The minimum Gasteiger partial charge on any atom is -0.329 e. The van der Waals surface area contributed by atoms with Crippen LogP contribution >= 0.6 is 11.8 Å². The molecule has 1 amide bonds. The number of amides is 1. The molecule has 0 saturated carbocycles. The summed E-state index contributed by atoms with van der Waals surface area (Å²) in [6.45, 7) is 3.32. The molecule has 0 radical (unpaired) electrons. The molecule has 1 aromatic heterocycles. The summed E-state index contributed by atoms with van der Waals surface area (Å²) < 4.78 is 1.92. The van der Waals surface area contributed by atoms with Gasteiger partial charge in [0.2, 0.25) is 5.91 Å². The van der Waals surface area contributed by atoms with E-state index in [1.165, 1.54) is 0 Å². The van der Waals surface area contributed by atoms with E-state index in [-0.39, 0.29) is 5.91 Å². The second kappa shape index (κ2) is 4.65. The molecule has 4 nitrogen and oxygen atoms in total. The standard InChI is InChI=1S/C13H15N3OS/c1-10-16(6-7-18-10)13(17)8-15-9-14-11-4-2-3-5-12(11)15/h2-5,9-10H,6-8H2,1H3. The monoisotopic (exact) mass is 261 g/mol. The zero-order valence-electron chi connectivity index (χ0n) is 10.2. The van der Waals surface area contributed by atoms with Gasteiger partial charge in [-0.1, -0.05) is 12.1 Å². The van der Waals surface area contributed by atoms with E-state index >= 15 is 0 Å². The quantitative estimate of drug-likeness (QED) is 0.829. The van der Waals surface area contributed by atoms with Crippen molar-refractivity contribution in [2.24, 2.45) is 0 Å². The lowest BCUT2D eigenvalue weighted by atomic mass is 10.3. The largest absolute Gasteiger partial charge is 0.329 e. The van der Waals surface area contributed by atoms with Gasteiger partial charge >= 0.3 is 0 Å². The number of fused-ring (bicyclic) bond motifs is 1. The van der Waals surface area contributed by atoms with Crippen LogP contribution in [-0.4, -0.2) is 38.0 Å². The first-order chi connectivity index (χ1) is 8.75. The fourth-order valence-electron chi connectivity index (χ4n) is 2.29. The van der Waals surface area contributed by atoms with Crippen molar-refractivity contribution in [3.05, 3.63) is 30.6 Å². The van der Waals surface area contributed by atoms with Gasteiger partial charge in [-0.25, -0.2) is 4.98 Å². The average molecular weight is 261 g/mol. The Hall–Kier alpha value is -1.49. The van der Waals surface area contributed by atoms with Crippen LogP contribution in [0.4, 0.5) is 0 Å². The molecular weight excluding hydrogens is 246 g/mol. The number of imidazole rings is 1. The summed E-state index contributed by atoms with van der Waals surface area (Å²) in [5, 5.41) is 0.298. The van der Waals surface area contributed by atoms with Gasteiger partial charge in [0.1, 0.15) is 6.54 Å². The number of thioether (sulfide) groups is 1. The van der Waals surface area contributed by atoms with E-state index in [9.17, 15) is 4.79 Å². The van der Waals surface area contributed by atoms with Gasteiger partial charge in [-0.2, -0.15) is 0 Å². The van der Waals surface area contributed by atoms with Crippen LogP contribution in [0.25, 0.3) is 11.0 Å². The topological polar surface area (TPSA) is 38.1 Å². The molecule has 1 atom stereocenters. The molecule has 1 aliphatic rings. The first-order valence-corrected chi connectivity index (χ1v) is 7.11. The Labute approximate surface area is 110 Å². The van der Waals surface area contributed by atoms with E-state index in [1.807, 2.05) is 45.5 Å². The lowest BCUT2D eigenvalue weighted by molar-refractivity contribution is -0.131. The first-order valence-electron chi connectivity index (χ1n) is 6.06. The molecule has 2 aromatic rings. The summed E-state index contributed by atoms with van der Waals surface area (Å²) in [6.07, 6.45) is 1.75. The zero-order chi connectivity index (χ0) is 12.5. The molecule has 1 saturated heterocycles. The summed E-state index contributed by atoms with van der Waals surface area (Å²) in [6, 6.07) is 7.89. The molecule has 94 valence electrons. The lowest BCUT2D eigenvalue weighted by Crippen LogP contribution is -2.35. The van der Waals surface area contributed by atoms with Gasteiger partial charge in [0.25, 0.3) is 0 Å². The number of nitrogens with zero attached hydrogens (tertiary/aromatic N) is 3. The number of benzene rings is 1. The molecule has 0 aliphatic carbocycles. The Kier molecular flexibility index (Phi) is 2.99. The molecule has 0 spiro atoms. The van der Waals surface area contributed by atoms with Gasteiger partial charge < -0.3 is 9.47 Å². The molecule has 1 aliphatic heterocycles. The highest BCUT2D eigenvalue weighted by Crippen LogP contribution is 2.23. The zero-order valence-corrected chi connectivity index (χ0v) is 11.1. The highest BCUT2D eigenvalue weighted by Gasteiger charge is 2.25. The third-order valence-corrected chi connectivity index (χ3v) is 4.44. The average Bonchev–Trinajstić information content (AvgIpc) is 2.97. The number of rotatable bonds is 2. The number of para-hydroxylation sites is 2. The minimum absolute atomic E-state index is 0.177. The SMILES string of the molecule is CC1SCCN1C(=O)Cn1cnc2ccccc21. The van der Waals surface area contributed by atoms with Crippen LogP contribution in [0, 0.1) is 0 Å². The minimum atomic E-state index is 0.177. The van der Waals surface area contributed by atoms with Crippen molar-refractivity contribution in [1.82, 2.24) is 14.5 Å². The predicted molar refractivity (Wildman–Crippen MR) is 73.4 cm³/mol. The normalized spacial score (nSPS) is 19.6. The van der Waals surface area contributed by atoms with Crippen LogP contribution in [0.3, 0.4) is 0 Å². The van der Waals surface area contributed by atoms with Crippen molar-refractivity contribution < 1.29 is 4.79 Å². The molecular formula is C13H15N3OS. The van der Waals surface area contributed by atoms with Crippen LogP contribution in [0.2, 0.25) is 0 Å². The highest BCUT2D eigenvalue weighted by atomic mass is 32.2. The molecule has 0 bridgehead atoms. The molecule has 18 heavy (non-hydrogen) atoms. The molecule has 1 aromatic carbocycles. The summed E-state index contributed by atoms with van der Waals surface area (Å²) in [5.74, 6) is 1.22. The summed E-state index contributed by atoms with van der Waals surface area (Å²) in [4.78, 5) is 18.5. The summed E-state index contributed by atoms with van der Waals surface area (Å²) in [7, 11) is 0. The van der Waals surface area contributed by atoms with Crippen LogP contribution in [0.1, 0.15) is 6.92 Å². The molecule has 3 rings (SSSR count). The third-order valence-electron chi connectivity index (χ3n) is 3.28. The van der Waals surface area contributed by atoms with Gasteiger partial charge in [-0.05, 0) is 19.1 Å². The maximum Gasteiger partial charge on any atom is 0.243 e. The fourth-order valence-corrected chi connectivity index (χ4v) is 3.34. The maximum atomic E-state index is 12.2. The van der Waals surface area contributed by atoms with Crippen LogP contribution in [0.5, 0.6) is 0 Å². The van der Waals surface area contributed by atoms with Crippen molar-refractivity contribution >= 4 is 28.7 Å². The van der Waals surface area contributed by atoms with E-state index in [2.05, 4.69) is 11.9 Å². The smallest absolute Gasteiger partial charge is 0.243 e. The van der Waals surface area contributed by atoms with E-state index in [4.69, 9.17) is 0 Å². The number of hydrogen-bond donors (Lipinski definition) is 0. The first kappa shape index (κ1) is 11.6. The lowest BCUT2D eigenvalue weighted by Gasteiger charge is -2.20. The van der Waals surface area contributed by atoms with Crippen molar-refractivity contribution in [3.63, 3.8) is 0 Å².